The highest BCUT2D eigenvalue weighted by atomic mass is 29.2. The van der Waals surface area contributed by atoms with Gasteiger partial charge in [0, 0.05) is 19.5 Å². The van der Waals surface area contributed by atoms with Crippen molar-refractivity contribution in [2.24, 2.45) is 0 Å². The predicted octanol–water partition coefficient (Wildman–Crippen LogP) is -2.22. The third-order valence-electron chi connectivity index (χ3n) is 0.224. The van der Waals surface area contributed by atoms with Gasteiger partial charge in [-0.2, -0.15) is 0 Å². The minimum Gasteiger partial charge on any atom is -0.381 e. The van der Waals surface area contributed by atoms with E-state index < -0.39 is 0 Å². The summed E-state index contributed by atoms with van der Waals surface area (Å²) in [5.74, 6) is 0. The summed E-state index contributed by atoms with van der Waals surface area (Å²) < 4.78 is 1.94. The van der Waals surface area contributed by atoms with Gasteiger partial charge in [0.05, 0.1) is 0 Å². The molecule has 0 spiro atoms. The molecule has 0 aliphatic carbocycles. The third kappa shape index (κ3) is 3.24. The molecule has 0 aliphatic heterocycles. The molecule has 0 unspecified atom stereocenters. The summed E-state index contributed by atoms with van der Waals surface area (Å²) in [5.41, 5.74) is 0. The Balaban J connectivity index is 2.75. The molecule has 6 heteroatoms. The lowest BCUT2D eigenvalue weighted by Gasteiger charge is -2.04. The molecular weight excluding hydrogens is 154 g/mol. The van der Waals surface area contributed by atoms with E-state index in [1.54, 1.807) is 0 Å². The lowest BCUT2D eigenvalue weighted by molar-refractivity contribution is 1.16. The fourth-order valence-corrected chi connectivity index (χ4v) is 2.26. The van der Waals surface area contributed by atoms with E-state index in [-0.39, 0.29) is 0 Å². The molecule has 0 amide bonds. The second-order valence-corrected chi connectivity index (χ2v) is 5.03. The molecule has 0 aliphatic rings. The van der Waals surface area contributed by atoms with Gasteiger partial charge in [0.15, 0.2) is 0 Å². The Morgan fingerprint density at radius 3 is 1.50 bits per heavy atom. The number of hydrogen-bond donors (Lipinski definition) is 0. The summed E-state index contributed by atoms with van der Waals surface area (Å²) in [5, 5.41) is 0. The van der Waals surface area contributed by atoms with Crippen molar-refractivity contribution in [3.8, 4) is 0 Å². The van der Waals surface area contributed by atoms with E-state index in [0.717, 1.165) is 0 Å². The maximum Gasteiger partial charge on any atom is 0.126 e. The van der Waals surface area contributed by atoms with Crippen molar-refractivity contribution in [2.75, 3.05) is 0 Å². The first-order valence-corrected chi connectivity index (χ1v) is 6.51. The normalized spacial score (nSPS) is 10.0. The summed E-state index contributed by atoms with van der Waals surface area (Å²) in [6, 6.07) is 0. The van der Waals surface area contributed by atoms with Gasteiger partial charge < -0.3 is 3.90 Å². The summed E-state index contributed by atoms with van der Waals surface area (Å²) >= 11 is 0. The zero-order chi connectivity index (χ0) is 4.99. The standard InChI is InChI=1S/NSi5/c2-1(5-3)6-4. The summed E-state index contributed by atoms with van der Waals surface area (Å²) in [6.45, 7) is 0. The number of rotatable bonds is 2. The molecule has 0 aromatic rings. The second-order valence-electron chi connectivity index (χ2n) is 0.559. The zero-order valence-electron chi connectivity index (χ0n) is 2.95. The quantitative estimate of drug-likeness (QED) is 0.407. The number of nitrogens with zero attached hydrogens (tertiary/aromatic N) is 1. The molecular formula is NSi5. The fraction of sp³-hybridized carbons (Fsp3) is 0. The first-order chi connectivity index (χ1) is 2.81. The average molecular weight is 154 g/mol. The first kappa shape index (κ1) is 7.04. The Hall–Kier alpha value is 1.04. The van der Waals surface area contributed by atoms with Gasteiger partial charge in [-0.3, -0.25) is 0 Å². The molecule has 6 heavy (non-hydrogen) atoms. The maximum absolute atomic E-state index is 3.30. The Bertz CT molecular complexity index is 23.1. The van der Waals surface area contributed by atoms with Gasteiger partial charge >= 0.3 is 0 Å². The van der Waals surface area contributed by atoms with Crippen LogP contribution in [0.1, 0.15) is 0 Å². The minimum atomic E-state index is 0.648. The van der Waals surface area contributed by atoms with Crippen molar-refractivity contribution in [3.63, 3.8) is 0 Å². The molecule has 0 atom stereocenters. The Kier molecular flexibility index (Phi) is 4.94. The Morgan fingerprint density at radius 1 is 1.17 bits per heavy atom. The molecule has 0 aromatic carbocycles. The van der Waals surface area contributed by atoms with E-state index in [1.165, 1.54) is 0 Å². The van der Waals surface area contributed by atoms with E-state index in [0.29, 0.717) is 18.4 Å². The van der Waals surface area contributed by atoms with Gasteiger partial charge in [0.2, 0.25) is 0 Å². The number of hydrogen-bond acceptors (Lipinski definition) is 1. The molecule has 0 N–H and O–H groups in total. The highest BCUT2D eigenvalue weighted by Gasteiger charge is 1.86. The predicted molar refractivity (Wildman–Crippen MR) is 30.6 cm³/mol. The van der Waals surface area contributed by atoms with Crippen molar-refractivity contribution in [1.29, 1.82) is 0 Å². The third-order valence-corrected chi connectivity index (χ3v) is 6.04. The van der Waals surface area contributed by atoms with Crippen molar-refractivity contribution in [1.82, 2.24) is 3.90 Å². The Labute approximate surface area is 52.6 Å². The highest BCUT2D eigenvalue weighted by molar-refractivity contribution is 7.01. The lowest BCUT2D eigenvalue weighted by Crippen LogP contribution is -2.29. The van der Waals surface area contributed by atoms with Gasteiger partial charge in [0.25, 0.3) is 0 Å². The first-order valence-electron chi connectivity index (χ1n) is 1.17. The van der Waals surface area contributed by atoms with Crippen LogP contribution in [0.3, 0.4) is 0 Å². The van der Waals surface area contributed by atoms with E-state index >= 15 is 0 Å². The molecule has 0 fully saturated rings. The lowest BCUT2D eigenvalue weighted by atomic mass is 13.8. The molecule has 0 aromatic heterocycles. The SMILES string of the molecule is [Si][Si]N([Si])[Si][Si]. The van der Waals surface area contributed by atoms with Crippen LogP contribution in [0.5, 0.6) is 0 Å². The smallest absolute Gasteiger partial charge is 0.126 e. The minimum absolute atomic E-state index is 0.648. The van der Waals surface area contributed by atoms with Crippen LogP contribution in [0.2, 0.25) is 0 Å². The van der Waals surface area contributed by atoms with Gasteiger partial charge in [0.1, 0.15) is 28.8 Å². The summed E-state index contributed by atoms with van der Waals surface area (Å²) in [6.07, 6.45) is 0. The van der Waals surface area contributed by atoms with Crippen LogP contribution in [0, 0.1) is 0 Å². The van der Waals surface area contributed by atoms with Crippen LogP contribution in [-0.2, 0) is 0 Å². The van der Waals surface area contributed by atoms with Crippen molar-refractivity contribution < 1.29 is 0 Å². The van der Waals surface area contributed by atoms with E-state index in [9.17, 15) is 0 Å². The maximum atomic E-state index is 3.30. The monoisotopic (exact) mass is 154 g/mol. The van der Waals surface area contributed by atoms with Gasteiger partial charge in [-0.1, -0.05) is 0 Å². The molecule has 1 nitrogen and oxygen atoms in total. The van der Waals surface area contributed by atoms with Gasteiger partial charge in [-0.25, -0.2) is 0 Å². The van der Waals surface area contributed by atoms with E-state index in [2.05, 4.69) is 29.9 Å². The zero-order valence-corrected chi connectivity index (χ0v) is 7.95. The van der Waals surface area contributed by atoms with Crippen LogP contribution < -0.4 is 0 Å². The molecule has 0 saturated carbocycles. The second kappa shape index (κ2) is 4.21. The molecule has 0 saturated heterocycles. The summed E-state index contributed by atoms with van der Waals surface area (Å²) in [7, 11) is 11.2. The molecule has 0 bridgehead atoms. The van der Waals surface area contributed by atoms with Crippen LogP contribution in [0.25, 0.3) is 0 Å². The average Bonchev–Trinajstić information content (AvgIpc) is 1.65. The fourth-order valence-electron chi connectivity index (χ4n) is 0.0280. The largest absolute Gasteiger partial charge is 0.381 e. The molecule has 0 heterocycles. The highest BCUT2D eigenvalue weighted by Crippen LogP contribution is 1.58. The van der Waals surface area contributed by atoms with Gasteiger partial charge in [-0.15, -0.1) is 0 Å². The van der Waals surface area contributed by atoms with Crippen molar-refractivity contribution >= 4 is 48.3 Å². The topological polar surface area (TPSA) is 3.24 Å². The molecule has 0 rings (SSSR count). The van der Waals surface area contributed by atoms with E-state index in [4.69, 9.17) is 0 Å². The summed E-state index contributed by atoms with van der Waals surface area (Å²) in [4.78, 5) is 0. The Morgan fingerprint density at radius 2 is 1.50 bits per heavy atom. The van der Waals surface area contributed by atoms with Crippen LogP contribution >= 0.6 is 0 Å². The molecule has 25 valence electrons. The van der Waals surface area contributed by atoms with Crippen LogP contribution in [-0.4, -0.2) is 52.2 Å². The van der Waals surface area contributed by atoms with Crippen LogP contribution in [0.4, 0.5) is 0 Å². The van der Waals surface area contributed by atoms with Gasteiger partial charge in [-0.05, 0) is 0 Å². The van der Waals surface area contributed by atoms with Crippen LogP contribution in [0.15, 0.2) is 0 Å². The molecule has 13 radical (unpaired) electrons. The van der Waals surface area contributed by atoms with E-state index in [1.807, 2.05) is 3.90 Å². The van der Waals surface area contributed by atoms with Crippen molar-refractivity contribution in [2.45, 2.75) is 0 Å². The van der Waals surface area contributed by atoms with Crippen molar-refractivity contribution in [3.05, 3.63) is 0 Å².